The fourth-order valence-corrected chi connectivity index (χ4v) is 5.34. The van der Waals surface area contributed by atoms with Crippen LogP contribution in [-0.4, -0.2) is 41.9 Å². The van der Waals surface area contributed by atoms with Crippen LogP contribution in [0.4, 0.5) is 4.39 Å². The molecule has 2 aromatic carbocycles. The number of nitrogens with zero attached hydrogens (tertiary/aromatic N) is 1. The molecule has 0 radical (unpaired) electrons. The van der Waals surface area contributed by atoms with Gasteiger partial charge in [0.2, 0.25) is 0 Å². The number of carbonyl (C=O) groups excluding carboxylic acids is 1. The summed E-state index contributed by atoms with van der Waals surface area (Å²) >= 11 is 0. The number of halogens is 1. The first-order valence-corrected chi connectivity index (χ1v) is 11.8. The minimum atomic E-state index is -4.34. The SMILES string of the molecule is CCOC(=O)/C=C/N(C1(C(=O)O)CCCC1)S(=O)(=O)c1ccc(Oc2ccc(F)cc2)cc1. The van der Waals surface area contributed by atoms with Crippen molar-refractivity contribution in [3.05, 3.63) is 66.6 Å². The maximum atomic E-state index is 13.5. The Hall–Kier alpha value is -3.40. The molecule has 33 heavy (non-hydrogen) atoms. The van der Waals surface area contributed by atoms with Crippen LogP contribution in [0.15, 0.2) is 65.7 Å². The number of esters is 1. The zero-order valence-corrected chi connectivity index (χ0v) is 18.8. The normalized spacial score (nSPS) is 15.3. The molecule has 10 heteroatoms. The molecule has 3 rings (SSSR count). The third-order valence-corrected chi connectivity index (χ3v) is 7.17. The molecule has 2 aromatic rings. The summed E-state index contributed by atoms with van der Waals surface area (Å²) in [6.45, 7) is 1.70. The lowest BCUT2D eigenvalue weighted by Crippen LogP contribution is -2.52. The number of ether oxygens (including phenoxy) is 2. The molecule has 0 unspecified atom stereocenters. The Morgan fingerprint density at radius 2 is 1.61 bits per heavy atom. The van der Waals surface area contributed by atoms with Gasteiger partial charge in [0.1, 0.15) is 17.3 Å². The van der Waals surface area contributed by atoms with Crippen molar-refractivity contribution >= 4 is 22.0 Å². The molecular formula is C23H24FNO7S. The van der Waals surface area contributed by atoms with E-state index in [1.54, 1.807) is 6.92 Å². The maximum Gasteiger partial charge on any atom is 0.332 e. The van der Waals surface area contributed by atoms with Gasteiger partial charge in [-0.15, -0.1) is 0 Å². The van der Waals surface area contributed by atoms with Crippen LogP contribution in [-0.2, 0) is 24.3 Å². The molecule has 0 bridgehead atoms. The number of sulfonamides is 1. The summed E-state index contributed by atoms with van der Waals surface area (Å²) in [6, 6.07) is 10.7. The molecule has 1 aliphatic rings. The van der Waals surface area contributed by atoms with Gasteiger partial charge in [0, 0.05) is 12.3 Å². The highest BCUT2D eigenvalue weighted by Gasteiger charge is 2.50. The molecule has 1 fully saturated rings. The molecule has 0 atom stereocenters. The lowest BCUT2D eigenvalue weighted by Gasteiger charge is -2.36. The fourth-order valence-electron chi connectivity index (χ4n) is 3.69. The van der Waals surface area contributed by atoms with Gasteiger partial charge in [-0.25, -0.2) is 22.4 Å². The number of aliphatic carboxylic acids is 1. The second-order valence-electron chi connectivity index (χ2n) is 7.44. The highest BCUT2D eigenvalue weighted by Crippen LogP contribution is 2.39. The Bertz CT molecular complexity index is 1120. The van der Waals surface area contributed by atoms with E-state index in [0.717, 1.165) is 16.6 Å². The quantitative estimate of drug-likeness (QED) is 0.428. The largest absolute Gasteiger partial charge is 0.479 e. The number of hydrogen-bond donors (Lipinski definition) is 1. The molecule has 1 aliphatic carbocycles. The zero-order valence-electron chi connectivity index (χ0n) is 17.9. The molecule has 0 heterocycles. The van der Waals surface area contributed by atoms with Gasteiger partial charge in [0.15, 0.2) is 5.54 Å². The Morgan fingerprint density at radius 3 is 2.12 bits per heavy atom. The van der Waals surface area contributed by atoms with Gasteiger partial charge in [-0.3, -0.25) is 4.31 Å². The summed E-state index contributed by atoms with van der Waals surface area (Å²) in [6.07, 6.45) is 3.18. The third kappa shape index (κ3) is 5.33. The average molecular weight is 478 g/mol. The van der Waals surface area contributed by atoms with Crippen LogP contribution in [0.3, 0.4) is 0 Å². The summed E-state index contributed by atoms with van der Waals surface area (Å²) in [7, 11) is -4.34. The molecule has 0 amide bonds. The average Bonchev–Trinajstić information content (AvgIpc) is 3.27. The van der Waals surface area contributed by atoms with Crippen molar-refractivity contribution in [2.45, 2.75) is 43.0 Å². The highest BCUT2D eigenvalue weighted by molar-refractivity contribution is 7.89. The van der Waals surface area contributed by atoms with Crippen LogP contribution < -0.4 is 4.74 Å². The van der Waals surface area contributed by atoms with Crippen LogP contribution in [0.25, 0.3) is 0 Å². The molecule has 0 spiro atoms. The molecular weight excluding hydrogens is 453 g/mol. The molecule has 1 saturated carbocycles. The third-order valence-electron chi connectivity index (χ3n) is 5.31. The van der Waals surface area contributed by atoms with Crippen molar-refractivity contribution in [3.8, 4) is 11.5 Å². The van der Waals surface area contributed by atoms with E-state index in [4.69, 9.17) is 9.47 Å². The number of rotatable bonds is 9. The Morgan fingerprint density at radius 1 is 1.06 bits per heavy atom. The fraction of sp³-hybridized carbons (Fsp3) is 0.304. The van der Waals surface area contributed by atoms with E-state index < -0.39 is 33.3 Å². The topological polar surface area (TPSA) is 110 Å². The minimum absolute atomic E-state index is 0.0928. The Balaban J connectivity index is 1.94. The van der Waals surface area contributed by atoms with E-state index in [9.17, 15) is 27.5 Å². The van der Waals surface area contributed by atoms with Gasteiger partial charge in [-0.1, -0.05) is 12.8 Å². The molecule has 0 aliphatic heterocycles. The molecule has 0 saturated heterocycles. The van der Waals surface area contributed by atoms with Crippen LogP contribution in [0, 0.1) is 5.82 Å². The number of carboxylic acids is 1. The van der Waals surface area contributed by atoms with Crippen LogP contribution in [0.5, 0.6) is 11.5 Å². The smallest absolute Gasteiger partial charge is 0.332 e. The second kappa shape index (κ2) is 10.0. The second-order valence-corrected chi connectivity index (χ2v) is 9.25. The van der Waals surface area contributed by atoms with Crippen molar-refractivity contribution < 1.29 is 37.0 Å². The molecule has 0 aromatic heterocycles. The van der Waals surface area contributed by atoms with Gasteiger partial charge in [-0.05, 0) is 68.3 Å². The summed E-state index contributed by atoms with van der Waals surface area (Å²) in [5, 5.41) is 9.94. The minimum Gasteiger partial charge on any atom is -0.479 e. The standard InChI is InChI=1S/C23H24FNO7S/c1-2-31-21(26)13-16-25(23(22(27)28)14-3-4-15-23)33(29,30)20-11-9-19(10-12-20)32-18-7-5-17(24)6-8-18/h5-13,16H,2-4,14-15H2,1H3,(H,27,28)/b16-13+. The number of hydrogen-bond acceptors (Lipinski definition) is 6. The summed E-state index contributed by atoms with van der Waals surface area (Å²) in [5.74, 6) is -1.81. The van der Waals surface area contributed by atoms with E-state index in [-0.39, 0.29) is 24.3 Å². The number of carbonyl (C=O) groups is 2. The summed E-state index contributed by atoms with van der Waals surface area (Å²) in [4.78, 5) is 23.8. The maximum absolute atomic E-state index is 13.5. The van der Waals surface area contributed by atoms with Crippen LogP contribution >= 0.6 is 0 Å². The molecule has 1 N–H and O–H groups in total. The van der Waals surface area contributed by atoms with Gasteiger partial charge in [0.25, 0.3) is 10.0 Å². The van der Waals surface area contributed by atoms with Gasteiger partial charge in [0.05, 0.1) is 11.5 Å². The lowest BCUT2D eigenvalue weighted by molar-refractivity contribution is -0.147. The first-order chi connectivity index (χ1) is 15.7. The first kappa shape index (κ1) is 24.2. The van der Waals surface area contributed by atoms with E-state index in [2.05, 4.69) is 0 Å². The van der Waals surface area contributed by atoms with Crippen molar-refractivity contribution in [2.75, 3.05) is 6.61 Å². The summed E-state index contributed by atoms with van der Waals surface area (Å²) < 4.78 is 51.2. The van der Waals surface area contributed by atoms with Gasteiger partial charge >= 0.3 is 11.9 Å². The van der Waals surface area contributed by atoms with E-state index in [1.165, 1.54) is 48.5 Å². The van der Waals surface area contributed by atoms with Crippen molar-refractivity contribution in [1.82, 2.24) is 4.31 Å². The predicted molar refractivity (Wildman–Crippen MR) is 117 cm³/mol. The van der Waals surface area contributed by atoms with Gasteiger partial charge < -0.3 is 14.6 Å². The molecule has 8 nitrogen and oxygen atoms in total. The Labute approximate surface area is 191 Å². The Kier molecular flexibility index (Phi) is 7.37. The van der Waals surface area contributed by atoms with Crippen molar-refractivity contribution in [1.29, 1.82) is 0 Å². The summed E-state index contributed by atoms with van der Waals surface area (Å²) in [5.41, 5.74) is -1.70. The van der Waals surface area contributed by atoms with Crippen LogP contribution in [0.1, 0.15) is 32.6 Å². The van der Waals surface area contributed by atoms with E-state index in [1.807, 2.05) is 0 Å². The van der Waals surface area contributed by atoms with Crippen LogP contribution in [0.2, 0.25) is 0 Å². The monoisotopic (exact) mass is 477 g/mol. The van der Waals surface area contributed by atoms with Crippen molar-refractivity contribution in [3.63, 3.8) is 0 Å². The lowest BCUT2D eigenvalue weighted by atomic mass is 9.98. The number of carboxylic acid groups (broad SMARTS) is 1. The van der Waals surface area contributed by atoms with E-state index >= 15 is 0 Å². The van der Waals surface area contributed by atoms with E-state index in [0.29, 0.717) is 24.3 Å². The van der Waals surface area contributed by atoms with Crippen molar-refractivity contribution in [2.24, 2.45) is 0 Å². The predicted octanol–water partition coefficient (Wildman–Crippen LogP) is 4.08. The molecule has 176 valence electrons. The highest BCUT2D eigenvalue weighted by atomic mass is 32.2. The van der Waals surface area contributed by atoms with Gasteiger partial charge in [-0.2, -0.15) is 0 Å². The number of benzene rings is 2. The zero-order chi connectivity index (χ0) is 24.1. The first-order valence-electron chi connectivity index (χ1n) is 10.4.